The maximum Gasteiger partial charge on any atom is 0.305 e. The molecule has 120 valence electrons. The van der Waals surface area contributed by atoms with Crippen LogP contribution in [0.4, 0.5) is 0 Å². The van der Waals surface area contributed by atoms with Gasteiger partial charge >= 0.3 is 5.97 Å². The molecule has 6 heteroatoms. The van der Waals surface area contributed by atoms with Crippen molar-refractivity contribution in [3.63, 3.8) is 0 Å². The van der Waals surface area contributed by atoms with E-state index in [4.69, 9.17) is 5.11 Å². The van der Waals surface area contributed by atoms with Crippen LogP contribution in [0, 0.1) is 5.92 Å². The number of amides is 1. The van der Waals surface area contributed by atoms with Gasteiger partial charge in [-0.2, -0.15) is 11.8 Å². The van der Waals surface area contributed by atoms with Gasteiger partial charge in [0.05, 0.1) is 6.42 Å². The molecule has 0 spiro atoms. The first kappa shape index (κ1) is 17.3. The topological polar surface area (TPSA) is 57.6 Å². The van der Waals surface area contributed by atoms with Crippen molar-refractivity contribution in [3.05, 3.63) is 34.3 Å². The molecule has 1 heterocycles. The van der Waals surface area contributed by atoms with E-state index >= 15 is 0 Å². The lowest BCUT2D eigenvalue weighted by molar-refractivity contribution is -0.140. The molecule has 1 fully saturated rings. The van der Waals surface area contributed by atoms with Gasteiger partial charge in [0.2, 0.25) is 5.91 Å². The highest BCUT2D eigenvalue weighted by Gasteiger charge is 2.26. The molecule has 1 aromatic carbocycles. The van der Waals surface area contributed by atoms with E-state index in [2.05, 4.69) is 15.9 Å². The number of halogens is 1. The fraction of sp³-hybridized carbons (Fsp3) is 0.500. The molecule has 1 N–H and O–H groups in total. The molecule has 0 unspecified atom stereocenters. The minimum atomic E-state index is -0.869. The van der Waals surface area contributed by atoms with Crippen molar-refractivity contribution in [2.75, 3.05) is 18.1 Å². The number of thioether (sulfide) groups is 1. The largest absolute Gasteiger partial charge is 0.481 e. The average Bonchev–Trinajstić information content (AvgIpc) is 2.51. The number of carbonyl (C=O) groups excluding carboxylic acids is 1. The summed E-state index contributed by atoms with van der Waals surface area (Å²) in [7, 11) is 0. The van der Waals surface area contributed by atoms with Crippen LogP contribution in [0.5, 0.6) is 0 Å². The van der Waals surface area contributed by atoms with Gasteiger partial charge in [0.1, 0.15) is 0 Å². The van der Waals surface area contributed by atoms with Crippen molar-refractivity contribution in [1.29, 1.82) is 0 Å². The SMILES string of the molecule is O=C(O)CCN(Cc1cccc(Br)c1)C(=O)C1CCSCC1. The molecule has 0 radical (unpaired) electrons. The molecule has 1 saturated heterocycles. The van der Waals surface area contributed by atoms with E-state index in [9.17, 15) is 9.59 Å². The number of carboxylic acid groups (broad SMARTS) is 1. The number of aliphatic carboxylic acids is 1. The van der Waals surface area contributed by atoms with E-state index in [0.29, 0.717) is 6.54 Å². The summed E-state index contributed by atoms with van der Waals surface area (Å²) in [4.78, 5) is 25.3. The van der Waals surface area contributed by atoms with Gasteiger partial charge in [0.15, 0.2) is 0 Å². The minimum absolute atomic E-state index is 0.0127. The standard InChI is InChI=1S/C16H20BrNO3S/c17-14-3-1-2-12(10-14)11-18(7-4-15(19)20)16(21)13-5-8-22-9-6-13/h1-3,10,13H,4-9,11H2,(H,19,20). The third-order valence-corrected chi connectivity index (χ3v) is 5.28. The van der Waals surface area contributed by atoms with Gasteiger partial charge in [-0.3, -0.25) is 9.59 Å². The quantitative estimate of drug-likeness (QED) is 0.814. The predicted molar refractivity (Wildman–Crippen MR) is 91.9 cm³/mol. The first-order chi connectivity index (χ1) is 10.6. The highest BCUT2D eigenvalue weighted by molar-refractivity contribution is 9.10. The Bertz CT molecular complexity index is 532. The van der Waals surface area contributed by atoms with E-state index in [0.717, 1.165) is 34.4 Å². The molecule has 1 aromatic rings. The van der Waals surface area contributed by atoms with Gasteiger partial charge in [-0.1, -0.05) is 28.1 Å². The van der Waals surface area contributed by atoms with Crippen molar-refractivity contribution in [2.24, 2.45) is 5.92 Å². The lowest BCUT2D eigenvalue weighted by Crippen LogP contribution is -2.38. The van der Waals surface area contributed by atoms with Crippen molar-refractivity contribution in [1.82, 2.24) is 4.90 Å². The third kappa shape index (κ3) is 5.32. The summed E-state index contributed by atoms with van der Waals surface area (Å²) in [6, 6.07) is 7.79. The monoisotopic (exact) mass is 385 g/mol. The molecule has 1 amide bonds. The van der Waals surface area contributed by atoms with E-state index < -0.39 is 5.97 Å². The van der Waals surface area contributed by atoms with Crippen LogP contribution in [0.3, 0.4) is 0 Å². The zero-order chi connectivity index (χ0) is 15.9. The maximum absolute atomic E-state index is 12.7. The van der Waals surface area contributed by atoms with E-state index in [1.54, 1.807) is 4.90 Å². The van der Waals surface area contributed by atoms with E-state index in [1.165, 1.54) is 0 Å². The van der Waals surface area contributed by atoms with Crippen LogP contribution in [-0.4, -0.2) is 39.9 Å². The summed E-state index contributed by atoms with van der Waals surface area (Å²) in [6.45, 7) is 0.736. The molecule has 4 nitrogen and oxygen atoms in total. The second-order valence-corrected chi connectivity index (χ2v) is 7.56. The van der Waals surface area contributed by atoms with Crippen molar-refractivity contribution >= 4 is 39.6 Å². The van der Waals surface area contributed by atoms with Crippen LogP contribution in [-0.2, 0) is 16.1 Å². The normalized spacial score (nSPS) is 15.5. The molecule has 0 aliphatic carbocycles. The van der Waals surface area contributed by atoms with Gasteiger partial charge in [-0.25, -0.2) is 0 Å². The maximum atomic E-state index is 12.7. The molecular formula is C16H20BrNO3S. The lowest BCUT2D eigenvalue weighted by Gasteiger charge is -2.29. The van der Waals surface area contributed by atoms with Gasteiger partial charge < -0.3 is 10.0 Å². The van der Waals surface area contributed by atoms with Gasteiger partial charge in [-0.05, 0) is 42.0 Å². The van der Waals surface area contributed by atoms with Crippen LogP contribution in [0.1, 0.15) is 24.8 Å². The number of carbonyl (C=O) groups is 2. The Hall–Kier alpha value is -1.01. The second kappa shape index (κ2) is 8.58. The van der Waals surface area contributed by atoms with E-state index in [-0.39, 0.29) is 24.8 Å². The highest BCUT2D eigenvalue weighted by Crippen LogP contribution is 2.25. The number of benzene rings is 1. The Labute approximate surface area is 143 Å². The summed E-state index contributed by atoms with van der Waals surface area (Å²) >= 11 is 5.31. The zero-order valence-corrected chi connectivity index (χ0v) is 14.7. The third-order valence-electron chi connectivity index (χ3n) is 3.74. The first-order valence-corrected chi connectivity index (χ1v) is 9.34. The number of carboxylic acids is 1. The Morgan fingerprint density at radius 1 is 1.32 bits per heavy atom. The second-order valence-electron chi connectivity index (χ2n) is 5.42. The Morgan fingerprint density at radius 2 is 2.05 bits per heavy atom. The smallest absolute Gasteiger partial charge is 0.305 e. The van der Waals surface area contributed by atoms with Crippen LogP contribution in [0.15, 0.2) is 28.7 Å². The summed E-state index contributed by atoms with van der Waals surface area (Å²) in [5.41, 5.74) is 1.01. The molecule has 22 heavy (non-hydrogen) atoms. The molecule has 0 aromatic heterocycles. The van der Waals surface area contributed by atoms with Crippen LogP contribution in [0.2, 0.25) is 0 Å². The highest BCUT2D eigenvalue weighted by atomic mass is 79.9. The molecule has 0 saturated carbocycles. The van der Waals surface area contributed by atoms with Gasteiger partial charge in [-0.15, -0.1) is 0 Å². The number of nitrogens with zero attached hydrogens (tertiary/aromatic N) is 1. The summed E-state index contributed by atoms with van der Waals surface area (Å²) in [6.07, 6.45) is 1.78. The Kier molecular flexibility index (Phi) is 6.76. The van der Waals surface area contributed by atoms with Crippen molar-refractivity contribution in [2.45, 2.75) is 25.8 Å². The first-order valence-electron chi connectivity index (χ1n) is 7.39. The minimum Gasteiger partial charge on any atom is -0.481 e. The zero-order valence-electron chi connectivity index (χ0n) is 12.3. The van der Waals surface area contributed by atoms with Crippen LogP contribution < -0.4 is 0 Å². The molecule has 1 aliphatic rings. The number of hydrogen-bond acceptors (Lipinski definition) is 3. The van der Waals surface area contributed by atoms with Crippen molar-refractivity contribution in [3.8, 4) is 0 Å². The Morgan fingerprint density at radius 3 is 2.68 bits per heavy atom. The van der Waals surface area contributed by atoms with Crippen LogP contribution >= 0.6 is 27.7 Å². The number of rotatable bonds is 6. The fourth-order valence-corrected chi connectivity index (χ4v) is 4.11. The van der Waals surface area contributed by atoms with Crippen LogP contribution in [0.25, 0.3) is 0 Å². The average molecular weight is 386 g/mol. The molecule has 0 atom stereocenters. The van der Waals surface area contributed by atoms with E-state index in [1.807, 2.05) is 36.0 Å². The lowest BCUT2D eigenvalue weighted by atomic mass is 10.0. The molecule has 0 bridgehead atoms. The molecule has 1 aliphatic heterocycles. The van der Waals surface area contributed by atoms with Gasteiger partial charge in [0.25, 0.3) is 0 Å². The summed E-state index contributed by atoms with van der Waals surface area (Å²) in [5.74, 6) is 1.30. The fourth-order valence-electron chi connectivity index (χ4n) is 2.56. The Balaban J connectivity index is 2.07. The van der Waals surface area contributed by atoms with Crippen molar-refractivity contribution < 1.29 is 14.7 Å². The van der Waals surface area contributed by atoms with Gasteiger partial charge in [0, 0.05) is 23.5 Å². The summed E-state index contributed by atoms with van der Waals surface area (Å²) < 4.78 is 0.963. The molecular weight excluding hydrogens is 366 g/mol. The molecule has 2 rings (SSSR count). The number of hydrogen-bond donors (Lipinski definition) is 1. The predicted octanol–water partition coefficient (Wildman–Crippen LogP) is 3.40. The summed E-state index contributed by atoms with van der Waals surface area (Å²) in [5, 5.41) is 8.92.